The second kappa shape index (κ2) is 9.60. The fraction of sp³-hybridized carbons (Fsp3) is 0.318. The van der Waals surface area contributed by atoms with Crippen molar-refractivity contribution in [1.82, 2.24) is 5.43 Å². The lowest BCUT2D eigenvalue weighted by molar-refractivity contribution is -0.130. The number of rotatable bonds is 7. The second-order valence-electron chi connectivity index (χ2n) is 6.63. The molecule has 2 aromatic carbocycles. The average molecular weight is 392 g/mol. The smallest absolute Gasteiger partial charge is 0.284 e. The lowest BCUT2D eigenvalue weighted by atomic mass is 10.1. The molecule has 0 bridgehead atoms. The number of nitrogens with one attached hydrogen (secondary N) is 1. The van der Waals surface area contributed by atoms with Crippen molar-refractivity contribution in [2.75, 3.05) is 24.6 Å². The number of nitrogens with zero attached hydrogens (tertiary/aromatic N) is 3. The first-order chi connectivity index (χ1) is 14.1. The van der Waals surface area contributed by atoms with E-state index < -0.39 is 6.10 Å². The predicted octanol–water partition coefficient (Wildman–Crippen LogP) is 3.03. The van der Waals surface area contributed by atoms with E-state index in [0.717, 1.165) is 23.4 Å². The maximum atomic E-state index is 12.3. The minimum atomic E-state index is -0.747. The SMILES string of the molecule is CCN(CCC#N)c1ccc(/C=N\NC(=O)[C@H]2COc3ccccc3O2)c(C)c1. The molecule has 1 N–H and O–H groups in total. The maximum absolute atomic E-state index is 12.3. The molecule has 1 aliphatic rings. The number of benzene rings is 2. The second-order valence-corrected chi connectivity index (χ2v) is 6.63. The van der Waals surface area contributed by atoms with Crippen LogP contribution in [0.1, 0.15) is 24.5 Å². The van der Waals surface area contributed by atoms with Crippen molar-refractivity contribution in [3.8, 4) is 17.6 Å². The van der Waals surface area contributed by atoms with Gasteiger partial charge in [0.2, 0.25) is 6.10 Å². The largest absolute Gasteiger partial charge is 0.485 e. The summed E-state index contributed by atoms with van der Waals surface area (Å²) in [6.45, 7) is 5.72. The maximum Gasteiger partial charge on any atom is 0.284 e. The summed E-state index contributed by atoms with van der Waals surface area (Å²) in [5.74, 6) is 0.816. The molecule has 1 atom stereocenters. The van der Waals surface area contributed by atoms with Crippen molar-refractivity contribution in [3.05, 3.63) is 53.6 Å². The number of hydrazone groups is 1. The molecule has 29 heavy (non-hydrogen) atoms. The van der Waals surface area contributed by atoms with Gasteiger partial charge in [0.05, 0.1) is 18.7 Å². The number of carbonyl (C=O) groups excluding carboxylic acids is 1. The number of ether oxygens (including phenoxy) is 2. The van der Waals surface area contributed by atoms with Gasteiger partial charge in [0.25, 0.3) is 5.91 Å². The van der Waals surface area contributed by atoms with Gasteiger partial charge in [0.15, 0.2) is 11.5 Å². The quantitative estimate of drug-likeness (QED) is 0.578. The first kappa shape index (κ1) is 20.2. The summed E-state index contributed by atoms with van der Waals surface area (Å²) in [7, 11) is 0. The average Bonchev–Trinajstić information content (AvgIpc) is 2.75. The van der Waals surface area contributed by atoms with E-state index in [-0.39, 0.29) is 12.5 Å². The highest BCUT2D eigenvalue weighted by atomic mass is 16.6. The Kier molecular flexibility index (Phi) is 6.69. The van der Waals surface area contributed by atoms with Crippen LogP contribution in [0.3, 0.4) is 0 Å². The van der Waals surface area contributed by atoms with Crippen molar-refractivity contribution in [2.45, 2.75) is 26.4 Å². The minimum Gasteiger partial charge on any atom is -0.485 e. The Morgan fingerprint density at radius 2 is 2.14 bits per heavy atom. The van der Waals surface area contributed by atoms with Crippen LogP contribution in [-0.4, -0.2) is 37.9 Å². The standard InChI is InChI=1S/C22H24N4O3/c1-3-26(12-6-11-23)18-10-9-17(16(2)13-18)14-24-25-22(27)21-15-28-19-7-4-5-8-20(19)29-21/h4-5,7-10,13-14,21H,3,6,12,15H2,1-2H3,(H,25,27)/b24-14-/t21-/m1/s1. The Labute approximate surface area is 170 Å². The zero-order valence-electron chi connectivity index (χ0n) is 16.6. The molecule has 1 amide bonds. The number of hydrogen-bond donors (Lipinski definition) is 1. The molecular formula is C22H24N4O3. The van der Waals surface area contributed by atoms with E-state index in [2.05, 4.69) is 34.5 Å². The topological polar surface area (TPSA) is 87.0 Å². The summed E-state index contributed by atoms with van der Waals surface area (Å²) in [4.78, 5) is 14.5. The summed E-state index contributed by atoms with van der Waals surface area (Å²) in [5.41, 5.74) is 5.51. The van der Waals surface area contributed by atoms with E-state index in [1.165, 1.54) is 0 Å². The fourth-order valence-electron chi connectivity index (χ4n) is 3.04. The first-order valence-corrected chi connectivity index (χ1v) is 9.56. The summed E-state index contributed by atoms with van der Waals surface area (Å²) in [5, 5.41) is 12.9. The Morgan fingerprint density at radius 3 is 2.86 bits per heavy atom. The van der Waals surface area contributed by atoms with Gasteiger partial charge in [-0.15, -0.1) is 0 Å². The molecule has 1 aliphatic heterocycles. The van der Waals surface area contributed by atoms with Crippen LogP contribution in [0.5, 0.6) is 11.5 Å². The van der Waals surface area contributed by atoms with Gasteiger partial charge in [-0.3, -0.25) is 4.79 Å². The first-order valence-electron chi connectivity index (χ1n) is 9.56. The molecule has 0 saturated carbocycles. The molecule has 0 radical (unpaired) electrons. The van der Waals surface area contributed by atoms with Crippen LogP contribution < -0.4 is 19.8 Å². The normalized spacial score (nSPS) is 15.0. The number of para-hydroxylation sites is 2. The lowest BCUT2D eigenvalue weighted by Gasteiger charge is -2.24. The Bertz CT molecular complexity index is 936. The van der Waals surface area contributed by atoms with E-state index in [1.54, 1.807) is 18.3 Å². The third-order valence-electron chi connectivity index (χ3n) is 4.67. The molecule has 0 aromatic heterocycles. The van der Waals surface area contributed by atoms with E-state index in [1.807, 2.05) is 31.2 Å². The molecular weight excluding hydrogens is 368 g/mol. The van der Waals surface area contributed by atoms with E-state index in [0.29, 0.717) is 24.5 Å². The van der Waals surface area contributed by atoms with Crippen LogP contribution in [-0.2, 0) is 4.79 Å². The number of fused-ring (bicyclic) bond motifs is 1. The third-order valence-corrected chi connectivity index (χ3v) is 4.67. The molecule has 1 heterocycles. The van der Waals surface area contributed by atoms with Crippen LogP contribution in [0.4, 0.5) is 5.69 Å². The van der Waals surface area contributed by atoms with E-state index in [9.17, 15) is 4.79 Å². The Morgan fingerprint density at radius 1 is 1.34 bits per heavy atom. The molecule has 7 nitrogen and oxygen atoms in total. The van der Waals surface area contributed by atoms with Gasteiger partial charge < -0.3 is 14.4 Å². The highest BCUT2D eigenvalue weighted by Gasteiger charge is 2.26. The molecule has 0 aliphatic carbocycles. The molecule has 150 valence electrons. The van der Waals surface area contributed by atoms with Crippen molar-refractivity contribution >= 4 is 17.8 Å². The summed E-state index contributed by atoms with van der Waals surface area (Å²) < 4.78 is 11.2. The van der Waals surface area contributed by atoms with Gasteiger partial charge in [-0.05, 0) is 49.2 Å². The molecule has 0 fully saturated rings. The van der Waals surface area contributed by atoms with Crippen molar-refractivity contribution in [2.24, 2.45) is 5.10 Å². The molecule has 7 heteroatoms. The zero-order chi connectivity index (χ0) is 20.6. The van der Waals surface area contributed by atoms with Crippen LogP contribution in [0, 0.1) is 18.3 Å². The van der Waals surface area contributed by atoms with Gasteiger partial charge in [-0.25, -0.2) is 5.43 Å². The minimum absolute atomic E-state index is 0.141. The van der Waals surface area contributed by atoms with Crippen LogP contribution in [0.15, 0.2) is 47.6 Å². The van der Waals surface area contributed by atoms with Crippen LogP contribution in [0.25, 0.3) is 0 Å². The molecule has 0 unspecified atom stereocenters. The number of nitriles is 1. The fourth-order valence-corrected chi connectivity index (χ4v) is 3.04. The van der Waals surface area contributed by atoms with Gasteiger partial charge in [0, 0.05) is 18.8 Å². The van der Waals surface area contributed by atoms with Crippen LogP contribution in [0.2, 0.25) is 0 Å². The summed E-state index contributed by atoms with van der Waals surface area (Å²) >= 11 is 0. The highest BCUT2D eigenvalue weighted by Crippen LogP contribution is 2.30. The van der Waals surface area contributed by atoms with Gasteiger partial charge in [0.1, 0.15) is 6.61 Å². The predicted molar refractivity (Wildman–Crippen MR) is 111 cm³/mol. The van der Waals surface area contributed by atoms with Crippen molar-refractivity contribution in [3.63, 3.8) is 0 Å². The number of hydrogen-bond acceptors (Lipinski definition) is 6. The Hall–Kier alpha value is -3.53. The number of anilines is 1. The van der Waals surface area contributed by atoms with Crippen LogP contribution >= 0.6 is 0 Å². The highest BCUT2D eigenvalue weighted by molar-refractivity contribution is 5.86. The van der Waals surface area contributed by atoms with Gasteiger partial charge in [-0.2, -0.15) is 10.4 Å². The van der Waals surface area contributed by atoms with E-state index >= 15 is 0 Å². The number of amides is 1. The van der Waals surface area contributed by atoms with E-state index in [4.69, 9.17) is 14.7 Å². The molecule has 0 saturated heterocycles. The molecule has 0 spiro atoms. The molecule has 2 aromatic rings. The summed E-state index contributed by atoms with van der Waals surface area (Å²) in [6, 6.07) is 15.4. The van der Waals surface area contributed by atoms with Gasteiger partial charge in [-0.1, -0.05) is 18.2 Å². The summed E-state index contributed by atoms with van der Waals surface area (Å²) in [6.07, 6.45) is 1.35. The lowest BCUT2D eigenvalue weighted by Crippen LogP contribution is -2.42. The number of carbonyl (C=O) groups is 1. The zero-order valence-corrected chi connectivity index (χ0v) is 16.6. The third kappa shape index (κ3) is 5.05. The van der Waals surface area contributed by atoms with Crippen molar-refractivity contribution in [1.29, 1.82) is 5.26 Å². The monoisotopic (exact) mass is 392 g/mol. The van der Waals surface area contributed by atoms with Crippen molar-refractivity contribution < 1.29 is 14.3 Å². The van der Waals surface area contributed by atoms with Gasteiger partial charge >= 0.3 is 0 Å². The Balaban J connectivity index is 1.59. The number of aryl methyl sites for hydroxylation is 1. The molecule has 3 rings (SSSR count).